The van der Waals surface area contributed by atoms with E-state index in [0.29, 0.717) is 28.9 Å². The second kappa shape index (κ2) is 6.37. The molecule has 7 heteroatoms. The number of aliphatic hydroxyl groups excluding tert-OH is 1. The molecule has 0 saturated carbocycles. The van der Waals surface area contributed by atoms with Crippen LogP contribution in [0.2, 0.25) is 5.02 Å². The molecule has 2 aromatic heterocycles. The van der Waals surface area contributed by atoms with E-state index in [2.05, 4.69) is 4.98 Å². The number of halogens is 2. The molecule has 0 fully saturated rings. The Hall–Kier alpha value is -2.44. The number of amides is 1. The zero-order chi connectivity index (χ0) is 18.4. The molecule has 0 unspecified atom stereocenters. The Labute approximate surface area is 154 Å². The highest BCUT2D eigenvalue weighted by Crippen LogP contribution is 2.38. The van der Waals surface area contributed by atoms with E-state index in [4.69, 9.17) is 11.6 Å². The van der Waals surface area contributed by atoms with Crippen LogP contribution in [0.25, 0.3) is 22.2 Å². The minimum absolute atomic E-state index is 0.0287. The molecule has 1 amide bonds. The number of fused-ring (bicyclic) bond motifs is 3. The summed E-state index contributed by atoms with van der Waals surface area (Å²) in [4.78, 5) is 19.3. The largest absolute Gasteiger partial charge is 0.395 e. The molecular weight excluding hydrogens is 357 g/mol. The first-order chi connectivity index (χ1) is 12.5. The van der Waals surface area contributed by atoms with Crippen molar-refractivity contribution in [2.45, 2.75) is 19.5 Å². The lowest BCUT2D eigenvalue weighted by molar-refractivity contribution is 0.0573. The minimum Gasteiger partial charge on any atom is -0.395 e. The molecule has 1 aromatic carbocycles. The van der Waals surface area contributed by atoms with E-state index in [-0.39, 0.29) is 30.1 Å². The number of carbonyl (C=O) groups excluding carboxylic acids is 1. The van der Waals surface area contributed by atoms with E-state index in [0.717, 1.165) is 5.52 Å². The summed E-state index contributed by atoms with van der Waals surface area (Å²) in [6.45, 7) is 2.67. The van der Waals surface area contributed by atoms with Crippen molar-refractivity contribution < 1.29 is 14.3 Å². The lowest BCUT2D eigenvalue weighted by Gasteiger charge is -2.34. The van der Waals surface area contributed by atoms with Crippen molar-refractivity contribution in [1.82, 2.24) is 14.5 Å². The predicted molar refractivity (Wildman–Crippen MR) is 97.7 cm³/mol. The molecule has 3 aromatic rings. The van der Waals surface area contributed by atoms with Crippen molar-refractivity contribution in [3.63, 3.8) is 0 Å². The van der Waals surface area contributed by atoms with Crippen LogP contribution >= 0.6 is 11.6 Å². The number of aromatic nitrogens is 2. The van der Waals surface area contributed by atoms with Crippen molar-refractivity contribution in [2.75, 3.05) is 13.2 Å². The van der Waals surface area contributed by atoms with E-state index >= 15 is 0 Å². The first-order valence-corrected chi connectivity index (χ1v) is 8.75. The monoisotopic (exact) mass is 373 g/mol. The molecule has 1 aliphatic heterocycles. The molecule has 0 aliphatic carbocycles. The smallest absolute Gasteiger partial charge is 0.271 e. The Morgan fingerprint density at radius 2 is 2.19 bits per heavy atom. The van der Waals surface area contributed by atoms with Crippen LogP contribution in [0.1, 0.15) is 17.4 Å². The van der Waals surface area contributed by atoms with Crippen molar-refractivity contribution in [2.24, 2.45) is 0 Å². The number of nitrogens with zero attached hydrogens (tertiary/aromatic N) is 3. The van der Waals surface area contributed by atoms with Crippen LogP contribution in [0, 0.1) is 5.82 Å². The standard InChI is InChI=1S/C19H17ClFN3O2/c1-11-10-24-15-3-2-6-22-17(15)16(12-4-5-13(20)14(21)9-12)18(24)19(26)23(11)7-8-25/h2-6,9,11,25H,7-8,10H2,1H3/t11-/m0/s1. The molecule has 3 heterocycles. The molecule has 1 aliphatic rings. The first-order valence-electron chi connectivity index (χ1n) is 8.37. The van der Waals surface area contributed by atoms with Crippen molar-refractivity contribution in [3.8, 4) is 11.1 Å². The van der Waals surface area contributed by atoms with Crippen LogP contribution in [0.4, 0.5) is 4.39 Å². The van der Waals surface area contributed by atoms with Gasteiger partial charge in [-0.25, -0.2) is 4.39 Å². The van der Waals surface area contributed by atoms with Crippen LogP contribution in [0.5, 0.6) is 0 Å². The van der Waals surface area contributed by atoms with E-state index in [1.165, 1.54) is 12.1 Å². The Morgan fingerprint density at radius 1 is 1.38 bits per heavy atom. The van der Waals surface area contributed by atoms with Crippen LogP contribution in [0.3, 0.4) is 0 Å². The highest BCUT2D eigenvalue weighted by atomic mass is 35.5. The maximum atomic E-state index is 14.1. The Balaban J connectivity index is 2.02. The normalized spacial score (nSPS) is 17.0. The molecule has 134 valence electrons. The van der Waals surface area contributed by atoms with Gasteiger partial charge in [0.2, 0.25) is 0 Å². The fourth-order valence-corrected chi connectivity index (χ4v) is 3.76. The van der Waals surface area contributed by atoms with Crippen LogP contribution < -0.4 is 0 Å². The summed E-state index contributed by atoms with van der Waals surface area (Å²) >= 11 is 5.82. The predicted octanol–water partition coefficient (Wildman–Crippen LogP) is 3.33. The van der Waals surface area contributed by atoms with Gasteiger partial charge in [0.1, 0.15) is 11.5 Å². The fourth-order valence-electron chi connectivity index (χ4n) is 3.64. The molecule has 0 saturated heterocycles. The molecule has 4 rings (SSSR count). The third kappa shape index (κ3) is 2.48. The highest BCUT2D eigenvalue weighted by molar-refractivity contribution is 6.30. The van der Waals surface area contributed by atoms with Crippen LogP contribution in [-0.2, 0) is 6.54 Å². The lowest BCUT2D eigenvalue weighted by atomic mass is 10.0. The molecule has 0 bridgehead atoms. The van der Waals surface area contributed by atoms with Gasteiger partial charge in [-0.05, 0) is 36.8 Å². The third-order valence-electron chi connectivity index (χ3n) is 4.81. The highest BCUT2D eigenvalue weighted by Gasteiger charge is 2.35. The molecular formula is C19H17ClFN3O2. The summed E-state index contributed by atoms with van der Waals surface area (Å²) in [5.74, 6) is -0.738. The number of hydrogen-bond donors (Lipinski definition) is 1. The first kappa shape index (κ1) is 17.0. The maximum absolute atomic E-state index is 14.1. The zero-order valence-corrected chi connectivity index (χ0v) is 14.9. The summed E-state index contributed by atoms with van der Waals surface area (Å²) in [6, 6.07) is 8.16. The van der Waals surface area contributed by atoms with Crippen molar-refractivity contribution in [1.29, 1.82) is 0 Å². The van der Waals surface area contributed by atoms with Gasteiger partial charge in [-0.3, -0.25) is 9.78 Å². The van der Waals surface area contributed by atoms with Gasteiger partial charge in [0.05, 0.1) is 22.7 Å². The number of hydrogen-bond acceptors (Lipinski definition) is 3. The Kier molecular flexibility index (Phi) is 4.17. The average molecular weight is 374 g/mol. The van der Waals surface area contributed by atoms with Gasteiger partial charge in [0, 0.05) is 30.9 Å². The third-order valence-corrected chi connectivity index (χ3v) is 5.12. The van der Waals surface area contributed by atoms with Crippen molar-refractivity contribution >= 4 is 28.5 Å². The van der Waals surface area contributed by atoms with Crippen LogP contribution in [0.15, 0.2) is 36.5 Å². The summed E-state index contributed by atoms with van der Waals surface area (Å²) in [5, 5.41) is 9.35. The second-order valence-corrected chi connectivity index (χ2v) is 6.81. The Morgan fingerprint density at radius 3 is 2.92 bits per heavy atom. The second-order valence-electron chi connectivity index (χ2n) is 6.41. The van der Waals surface area contributed by atoms with Crippen molar-refractivity contribution in [3.05, 3.63) is 53.1 Å². The van der Waals surface area contributed by atoms with Gasteiger partial charge < -0.3 is 14.6 Å². The summed E-state index contributed by atoms with van der Waals surface area (Å²) in [6.07, 6.45) is 1.66. The molecule has 1 N–H and O–H groups in total. The lowest BCUT2D eigenvalue weighted by Crippen LogP contribution is -2.47. The summed E-state index contributed by atoms with van der Waals surface area (Å²) in [7, 11) is 0. The number of pyridine rings is 1. The number of benzene rings is 1. The average Bonchev–Trinajstić information content (AvgIpc) is 2.96. The molecule has 26 heavy (non-hydrogen) atoms. The number of carbonyl (C=O) groups is 1. The topological polar surface area (TPSA) is 58.4 Å². The van der Waals surface area contributed by atoms with Gasteiger partial charge >= 0.3 is 0 Å². The molecule has 0 radical (unpaired) electrons. The number of β-amino-alcohol motifs (C(OH)–C–C–N with tert-alkyl or cyclic N) is 1. The summed E-state index contributed by atoms with van der Waals surface area (Å²) in [5.41, 5.74) is 3.09. The van der Waals surface area contributed by atoms with Gasteiger partial charge in [-0.1, -0.05) is 17.7 Å². The van der Waals surface area contributed by atoms with E-state index in [9.17, 15) is 14.3 Å². The minimum atomic E-state index is -0.544. The molecule has 1 atom stereocenters. The SMILES string of the molecule is C[C@H]1Cn2c(c(-c3ccc(Cl)c(F)c3)c3ncccc32)C(=O)N1CCO. The number of aliphatic hydroxyl groups is 1. The fraction of sp³-hybridized carbons (Fsp3) is 0.263. The Bertz CT molecular complexity index is 1020. The van der Waals surface area contributed by atoms with Gasteiger partial charge in [0.15, 0.2) is 0 Å². The van der Waals surface area contributed by atoms with Gasteiger partial charge in [-0.2, -0.15) is 0 Å². The number of rotatable bonds is 3. The quantitative estimate of drug-likeness (QED) is 0.766. The maximum Gasteiger partial charge on any atom is 0.271 e. The molecule has 0 spiro atoms. The zero-order valence-electron chi connectivity index (χ0n) is 14.1. The van der Waals surface area contributed by atoms with Gasteiger partial charge in [0.25, 0.3) is 5.91 Å². The molecule has 5 nitrogen and oxygen atoms in total. The van der Waals surface area contributed by atoms with Gasteiger partial charge in [-0.15, -0.1) is 0 Å². The summed E-state index contributed by atoms with van der Waals surface area (Å²) < 4.78 is 16.0. The van der Waals surface area contributed by atoms with E-state index < -0.39 is 5.82 Å². The van der Waals surface area contributed by atoms with E-state index in [1.54, 1.807) is 17.2 Å². The van der Waals surface area contributed by atoms with E-state index in [1.807, 2.05) is 23.6 Å². The van der Waals surface area contributed by atoms with Crippen LogP contribution in [-0.4, -0.2) is 44.7 Å².